The van der Waals surface area contributed by atoms with Gasteiger partial charge in [-0.2, -0.15) is 0 Å². The summed E-state index contributed by atoms with van der Waals surface area (Å²) in [4.78, 5) is 16.7. The number of carbonyl (C=O) groups is 1. The molecular formula is C20H13ClN2OS. The summed E-state index contributed by atoms with van der Waals surface area (Å²) in [7, 11) is 0. The predicted octanol–water partition coefficient (Wildman–Crippen LogP) is 5.75. The summed E-state index contributed by atoms with van der Waals surface area (Å²) < 4.78 is 1.07. The SMILES string of the molecule is O=C(C=Cc1ccccc1Cl)Nc1nc2ccc3ccccc3c2s1. The maximum Gasteiger partial charge on any atom is 0.250 e. The van der Waals surface area contributed by atoms with Crippen LogP contribution in [0.3, 0.4) is 0 Å². The van der Waals surface area contributed by atoms with E-state index in [1.807, 2.05) is 42.5 Å². The Hall–Kier alpha value is -2.69. The van der Waals surface area contributed by atoms with Gasteiger partial charge in [-0.1, -0.05) is 71.5 Å². The van der Waals surface area contributed by atoms with Crippen LogP contribution in [0.5, 0.6) is 0 Å². The van der Waals surface area contributed by atoms with Crippen LogP contribution in [-0.4, -0.2) is 10.9 Å². The average Bonchev–Trinajstić information content (AvgIpc) is 3.04. The van der Waals surface area contributed by atoms with Gasteiger partial charge in [-0.25, -0.2) is 4.98 Å². The first-order valence-electron chi connectivity index (χ1n) is 7.72. The molecule has 0 aliphatic rings. The van der Waals surface area contributed by atoms with Crippen molar-refractivity contribution >= 4 is 61.0 Å². The Kier molecular flexibility index (Phi) is 4.22. The molecular weight excluding hydrogens is 352 g/mol. The Balaban J connectivity index is 1.59. The maximum absolute atomic E-state index is 12.2. The van der Waals surface area contributed by atoms with E-state index < -0.39 is 0 Å². The summed E-state index contributed by atoms with van der Waals surface area (Å²) in [6.07, 6.45) is 3.16. The molecule has 3 nitrogen and oxygen atoms in total. The Bertz CT molecular complexity index is 1120. The molecule has 122 valence electrons. The third kappa shape index (κ3) is 3.27. The van der Waals surface area contributed by atoms with Gasteiger partial charge >= 0.3 is 0 Å². The average molecular weight is 365 g/mol. The summed E-state index contributed by atoms with van der Waals surface area (Å²) in [5, 5.41) is 6.32. The molecule has 1 amide bonds. The standard InChI is InChI=1S/C20H13ClN2OS/c21-16-8-4-2-6-14(16)10-12-18(24)23-20-22-17-11-9-13-5-1-3-7-15(13)19(17)25-20/h1-12H,(H,22,23,24). The number of rotatable bonds is 3. The first kappa shape index (κ1) is 15.8. The Morgan fingerprint density at radius 3 is 2.72 bits per heavy atom. The van der Waals surface area contributed by atoms with Crippen LogP contribution in [0.2, 0.25) is 5.02 Å². The summed E-state index contributed by atoms with van der Waals surface area (Å²) in [6.45, 7) is 0. The summed E-state index contributed by atoms with van der Waals surface area (Å²) in [5.74, 6) is -0.233. The van der Waals surface area contributed by atoms with E-state index in [0.29, 0.717) is 10.2 Å². The van der Waals surface area contributed by atoms with Gasteiger partial charge in [-0.3, -0.25) is 10.1 Å². The van der Waals surface area contributed by atoms with E-state index in [1.54, 1.807) is 12.1 Å². The number of aromatic nitrogens is 1. The lowest BCUT2D eigenvalue weighted by atomic mass is 10.1. The fraction of sp³-hybridized carbons (Fsp3) is 0. The van der Waals surface area contributed by atoms with Gasteiger partial charge in [-0.05, 0) is 29.2 Å². The van der Waals surface area contributed by atoms with E-state index in [-0.39, 0.29) is 5.91 Å². The number of fused-ring (bicyclic) bond motifs is 3. The van der Waals surface area contributed by atoms with Crippen LogP contribution in [0, 0.1) is 0 Å². The number of carbonyl (C=O) groups excluding carboxylic acids is 1. The first-order chi connectivity index (χ1) is 12.2. The third-order valence-corrected chi connectivity index (χ3v) is 5.19. The fourth-order valence-corrected chi connectivity index (χ4v) is 3.83. The van der Waals surface area contributed by atoms with E-state index in [0.717, 1.165) is 26.6 Å². The van der Waals surface area contributed by atoms with Gasteiger partial charge in [-0.15, -0.1) is 0 Å². The summed E-state index contributed by atoms with van der Waals surface area (Å²) in [6, 6.07) is 19.5. The highest BCUT2D eigenvalue weighted by molar-refractivity contribution is 7.23. The smallest absolute Gasteiger partial charge is 0.250 e. The number of nitrogens with zero attached hydrogens (tertiary/aromatic N) is 1. The van der Waals surface area contributed by atoms with Crippen LogP contribution in [-0.2, 0) is 4.79 Å². The molecule has 0 aliphatic carbocycles. The largest absolute Gasteiger partial charge is 0.298 e. The lowest BCUT2D eigenvalue weighted by Crippen LogP contribution is -2.07. The highest BCUT2D eigenvalue weighted by Gasteiger charge is 2.08. The number of amides is 1. The van der Waals surface area contributed by atoms with Crippen LogP contribution >= 0.6 is 22.9 Å². The lowest BCUT2D eigenvalue weighted by Gasteiger charge is -1.97. The topological polar surface area (TPSA) is 42.0 Å². The molecule has 0 saturated carbocycles. The van der Waals surface area contributed by atoms with Crippen LogP contribution in [0.25, 0.3) is 27.1 Å². The van der Waals surface area contributed by atoms with Gasteiger partial charge in [0.2, 0.25) is 5.91 Å². The van der Waals surface area contributed by atoms with Crippen molar-refractivity contribution in [3.05, 3.63) is 77.3 Å². The number of hydrogen-bond donors (Lipinski definition) is 1. The van der Waals surface area contributed by atoms with Crippen molar-refractivity contribution in [3.8, 4) is 0 Å². The Labute approximate surface area is 153 Å². The molecule has 0 fully saturated rings. The molecule has 0 saturated heterocycles. The molecule has 4 rings (SSSR count). The number of benzene rings is 3. The summed E-state index contributed by atoms with van der Waals surface area (Å²) >= 11 is 7.56. The molecule has 1 aromatic heterocycles. The molecule has 4 aromatic rings. The van der Waals surface area contributed by atoms with E-state index in [4.69, 9.17) is 11.6 Å². The quantitative estimate of drug-likeness (QED) is 0.470. The Morgan fingerprint density at radius 1 is 1.04 bits per heavy atom. The van der Waals surface area contributed by atoms with Crippen molar-refractivity contribution < 1.29 is 4.79 Å². The Morgan fingerprint density at radius 2 is 1.84 bits per heavy atom. The van der Waals surface area contributed by atoms with E-state index in [2.05, 4.69) is 22.4 Å². The van der Waals surface area contributed by atoms with Crippen molar-refractivity contribution in [2.24, 2.45) is 0 Å². The van der Waals surface area contributed by atoms with Crippen molar-refractivity contribution in [1.82, 2.24) is 4.98 Å². The van der Waals surface area contributed by atoms with Crippen LogP contribution < -0.4 is 5.32 Å². The lowest BCUT2D eigenvalue weighted by molar-refractivity contribution is -0.111. The van der Waals surface area contributed by atoms with Crippen LogP contribution in [0.4, 0.5) is 5.13 Å². The molecule has 0 atom stereocenters. The number of anilines is 1. The van der Waals surface area contributed by atoms with Crippen LogP contribution in [0.1, 0.15) is 5.56 Å². The van der Waals surface area contributed by atoms with Gasteiger partial charge < -0.3 is 0 Å². The van der Waals surface area contributed by atoms with Gasteiger partial charge in [0.15, 0.2) is 5.13 Å². The number of thiazole rings is 1. The number of nitrogens with one attached hydrogen (secondary N) is 1. The van der Waals surface area contributed by atoms with E-state index >= 15 is 0 Å². The zero-order valence-electron chi connectivity index (χ0n) is 13.1. The highest BCUT2D eigenvalue weighted by atomic mass is 35.5. The molecule has 0 unspecified atom stereocenters. The zero-order chi connectivity index (χ0) is 17.2. The normalized spacial score (nSPS) is 11.4. The minimum absolute atomic E-state index is 0.233. The van der Waals surface area contributed by atoms with Gasteiger partial charge in [0.05, 0.1) is 10.2 Å². The molecule has 1 N–H and O–H groups in total. The monoisotopic (exact) mass is 364 g/mol. The fourth-order valence-electron chi connectivity index (χ4n) is 2.63. The molecule has 0 aliphatic heterocycles. The van der Waals surface area contributed by atoms with Crippen molar-refractivity contribution in [2.75, 3.05) is 5.32 Å². The van der Waals surface area contributed by atoms with E-state index in [9.17, 15) is 4.79 Å². The van der Waals surface area contributed by atoms with E-state index in [1.165, 1.54) is 17.4 Å². The number of hydrogen-bond acceptors (Lipinski definition) is 3. The predicted molar refractivity (Wildman–Crippen MR) is 106 cm³/mol. The van der Waals surface area contributed by atoms with Crippen molar-refractivity contribution in [1.29, 1.82) is 0 Å². The molecule has 1 heterocycles. The zero-order valence-corrected chi connectivity index (χ0v) is 14.6. The minimum Gasteiger partial charge on any atom is -0.298 e. The highest BCUT2D eigenvalue weighted by Crippen LogP contribution is 2.32. The second kappa shape index (κ2) is 6.67. The molecule has 5 heteroatoms. The van der Waals surface area contributed by atoms with Crippen LogP contribution in [0.15, 0.2) is 66.7 Å². The minimum atomic E-state index is -0.233. The summed E-state index contributed by atoms with van der Waals surface area (Å²) in [5.41, 5.74) is 1.68. The molecule has 3 aromatic carbocycles. The van der Waals surface area contributed by atoms with Gasteiger partial charge in [0, 0.05) is 16.5 Å². The second-order valence-electron chi connectivity index (χ2n) is 5.50. The third-order valence-electron chi connectivity index (χ3n) is 3.83. The number of halogens is 1. The molecule has 25 heavy (non-hydrogen) atoms. The first-order valence-corrected chi connectivity index (χ1v) is 8.92. The second-order valence-corrected chi connectivity index (χ2v) is 6.90. The molecule has 0 spiro atoms. The van der Waals surface area contributed by atoms with Gasteiger partial charge in [0.25, 0.3) is 0 Å². The molecule has 0 bridgehead atoms. The molecule has 0 radical (unpaired) electrons. The maximum atomic E-state index is 12.2. The van der Waals surface area contributed by atoms with Crippen molar-refractivity contribution in [3.63, 3.8) is 0 Å². The van der Waals surface area contributed by atoms with Gasteiger partial charge in [0.1, 0.15) is 0 Å². The van der Waals surface area contributed by atoms with Crippen molar-refractivity contribution in [2.45, 2.75) is 0 Å².